The zero-order valence-electron chi connectivity index (χ0n) is 16.0. The van der Waals surface area contributed by atoms with Gasteiger partial charge in [-0.2, -0.15) is 0 Å². The first-order valence-electron chi connectivity index (χ1n) is 8.82. The Morgan fingerprint density at radius 2 is 1.65 bits per heavy atom. The molecule has 2 aromatic carbocycles. The van der Waals surface area contributed by atoms with E-state index in [1.165, 1.54) is 6.92 Å². The fourth-order valence-corrected chi connectivity index (χ4v) is 2.86. The van der Waals surface area contributed by atoms with Crippen LogP contribution in [-0.4, -0.2) is 11.9 Å². The molecule has 0 aromatic heterocycles. The first kappa shape index (κ1) is 19.5. The Bertz CT molecular complexity index is 800. The number of hydrogen-bond acceptors (Lipinski definition) is 2. The highest BCUT2D eigenvalue weighted by Gasteiger charge is 2.14. The average Bonchev–Trinajstić information content (AvgIpc) is 2.56. The molecule has 0 fully saturated rings. The molecule has 0 aliphatic carbocycles. The molecule has 0 saturated carbocycles. The number of nitrogens with one attached hydrogen (secondary N) is 3. The first-order valence-corrected chi connectivity index (χ1v) is 8.82. The summed E-state index contributed by atoms with van der Waals surface area (Å²) in [7, 11) is 0. The van der Waals surface area contributed by atoms with E-state index in [0.717, 1.165) is 22.4 Å². The lowest BCUT2D eigenvalue weighted by molar-refractivity contribution is -0.114. The lowest BCUT2D eigenvalue weighted by atomic mass is 9.98. The third-order valence-corrected chi connectivity index (χ3v) is 4.22. The van der Waals surface area contributed by atoms with E-state index < -0.39 is 0 Å². The number of carbonyl (C=O) groups excluding carboxylic acids is 2. The number of anilines is 2. The lowest BCUT2D eigenvalue weighted by Crippen LogP contribution is -2.31. The van der Waals surface area contributed by atoms with Crippen molar-refractivity contribution in [2.24, 2.45) is 0 Å². The fourth-order valence-electron chi connectivity index (χ4n) is 2.86. The maximum absolute atomic E-state index is 12.5. The van der Waals surface area contributed by atoms with Gasteiger partial charge in [-0.05, 0) is 48.6 Å². The van der Waals surface area contributed by atoms with Crippen LogP contribution in [0, 0.1) is 6.92 Å². The van der Waals surface area contributed by atoms with Crippen molar-refractivity contribution in [1.82, 2.24) is 5.32 Å². The Morgan fingerprint density at radius 3 is 2.31 bits per heavy atom. The van der Waals surface area contributed by atoms with E-state index in [9.17, 15) is 9.59 Å². The molecule has 0 aliphatic rings. The van der Waals surface area contributed by atoms with Gasteiger partial charge < -0.3 is 16.0 Å². The predicted molar refractivity (Wildman–Crippen MR) is 107 cm³/mol. The van der Waals surface area contributed by atoms with Crippen molar-refractivity contribution in [3.05, 3.63) is 59.2 Å². The molecule has 1 atom stereocenters. The van der Waals surface area contributed by atoms with E-state index in [4.69, 9.17) is 0 Å². The number of rotatable bonds is 5. The van der Waals surface area contributed by atoms with Gasteiger partial charge in [-0.15, -0.1) is 0 Å². The standard InChI is InChI=1S/C21H27N3O2/c1-13(2)19-11-6-8-14(3)20(19)24-21(26)22-15(4)17-9-7-10-18(12-17)23-16(5)25/h6-13,15H,1-5H3,(H,23,25)(H2,22,24,26). The molecule has 0 saturated heterocycles. The van der Waals surface area contributed by atoms with Crippen molar-refractivity contribution in [3.63, 3.8) is 0 Å². The van der Waals surface area contributed by atoms with Crippen molar-refractivity contribution < 1.29 is 9.59 Å². The van der Waals surface area contributed by atoms with Crippen molar-refractivity contribution in [2.45, 2.75) is 46.6 Å². The quantitative estimate of drug-likeness (QED) is 0.711. The molecule has 5 nitrogen and oxygen atoms in total. The molecule has 26 heavy (non-hydrogen) atoms. The van der Waals surface area contributed by atoms with E-state index in [1.807, 2.05) is 56.3 Å². The third kappa shape index (κ3) is 5.09. The number of amides is 3. The van der Waals surface area contributed by atoms with Gasteiger partial charge in [-0.25, -0.2) is 4.79 Å². The second-order valence-electron chi connectivity index (χ2n) is 6.82. The minimum Gasteiger partial charge on any atom is -0.331 e. The Kier molecular flexibility index (Phi) is 6.39. The fraction of sp³-hybridized carbons (Fsp3) is 0.333. The summed E-state index contributed by atoms with van der Waals surface area (Å²) in [6, 6.07) is 13.0. The molecule has 0 heterocycles. The van der Waals surface area contributed by atoms with Crippen LogP contribution in [0.2, 0.25) is 0 Å². The van der Waals surface area contributed by atoms with Gasteiger partial charge in [0.15, 0.2) is 0 Å². The zero-order chi connectivity index (χ0) is 19.3. The molecule has 0 bridgehead atoms. The minimum atomic E-state index is -0.251. The van der Waals surface area contributed by atoms with Crippen molar-refractivity contribution in [2.75, 3.05) is 10.6 Å². The molecular weight excluding hydrogens is 326 g/mol. The number of para-hydroxylation sites is 1. The van der Waals surface area contributed by atoms with Gasteiger partial charge in [-0.3, -0.25) is 4.79 Å². The highest BCUT2D eigenvalue weighted by molar-refractivity contribution is 5.91. The second-order valence-corrected chi connectivity index (χ2v) is 6.82. The number of benzene rings is 2. The lowest BCUT2D eigenvalue weighted by Gasteiger charge is -2.19. The smallest absolute Gasteiger partial charge is 0.319 e. The average molecular weight is 353 g/mol. The molecule has 138 valence electrons. The highest BCUT2D eigenvalue weighted by Crippen LogP contribution is 2.27. The van der Waals surface area contributed by atoms with Gasteiger partial charge in [0.25, 0.3) is 0 Å². The third-order valence-electron chi connectivity index (χ3n) is 4.22. The summed E-state index contributed by atoms with van der Waals surface area (Å²) in [4.78, 5) is 23.7. The maximum atomic E-state index is 12.5. The molecule has 3 amide bonds. The summed E-state index contributed by atoms with van der Waals surface area (Å²) in [5.74, 6) is 0.193. The highest BCUT2D eigenvalue weighted by atomic mass is 16.2. The molecule has 2 rings (SSSR count). The zero-order valence-corrected chi connectivity index (χ0v) is 16.0. The summed E-state index contributed by atoms with van der Waals surface area (Å²) in [6.07, 6.45) is 0. The van der Waals surface area contributed by atoms with Crippen LogP contribution >= 0.6 is 0 Å². The largest absolute Gasteiger partial charge is 0.331 e. The summed E-state index contributed by atoms with van der Waals surface area (Å²) in [5.41, 5.74) is 4.64. The first-order chi connectivity index (χ1) is 12.3. The van der Waals surface area contributed by atoms with E-state index in [-0.39, 0.29) is 18.0 Å². The van der Waals surface area contributed by atoms with Crippen LogP contribution in [0.4, 0.5) is 16.2 Å². The minimum absolute atomic E-state index is 0.124. The van der Waals surface area contributed by atoms with E-state index in [0.29, 0.717) is 11.6 Å². The Balaban J connectivity index is 2.10. The van der Waals surface area contributed by atoms with E-state index in [2.05, 4.69) is 29.8 Å². The maximum Gasteiger partial charge on any atom is 0.319 e. The Morgan fingerprint density at radius 1 is 0.962 bits per heavy atom. The summed E-state index contributed by atoms with van der Waals surface area (Å²) in [5, 5.41) is 8.70. The van der Waals surface area contributed by atoms with Crippen LogP contribution in [0.1, 0.15) is 56.3 Å². The molecule has 0 radical (unpaired) electrons. The van der Waals surface area contributed by atoms with Crippen LogP contribution in [0.25, 0.3) is 0 Å². The SMILES string of the molecule is CC(=O)Nc1cccc(C(C)NC(=O)Nc2c(C)cccc2C(C)C)c1. The molecule has 2 aromatic rings. The Labute approximate surface area is 155 Å². The number of aryl methyl sites for hydroxylation is 1. The summed E-state index contributed by atoms with van der Waals surface area (Å²) < 4.78 is 0. The van der Waals surface area contributed by atoms with Gasteiger partial charge in [0.1, 0.15) is 0 Å². The van der Waals surface area contributed by atoms with Crippen LogP contribution in [0.3, 0.4) is 0 Å². The van der Waals surface area contributed by atoms with Crippen LogP contribution in [0.5, 0.6) is 0 Å². The van der Waals surface area contributed by atoms with Crippen LogP contribution < -0.4 is 16.0 Å². The number of urea groups is 1. The molecule has 5 heteroatoms. The van der Waals surface area contributed by atoms with Gasteiger partial charge >= 0.3 is 6.03 Å². The molecule has 3 N–H and O–H groups in total. The monoisotopic (exact) mass is 353 g/mol. The van der Waals surface area contributed by atoms with E-state index >= 15 is 0 Å². The number of carbonyl (C=O) groups is 2. The van der Waals surface area contributed by atoms with Crippen LogP contribution in [-0.2, 0) is 4.79 Å². The predicted octanol–water partition coefficient (Wildman–Crippen LogP) is 4.96. The van der Waals surface area contributed by atoms with Crippen LogP contribution in [0.15, 0.2) is 42.5 Å². The summed E-state index contributed by atoms with van der Waals surface area (Å²) >= 11 is 0. The van der Waals surface area contributed by atoms with Crippen molar-refractivity contribution >= 4 is 23.3 Å². The molecule has 0 spiro atoms. The van der Waals surface area contributed by atoms with Gasteiger partial charge in [0.05, 0.1) is 6.04 Å². The summed E-state index contributed by atoms with van der Waals surface area (Å²) in [6.45, 7) is 9.58. The molecular formula is C21H27N3O2. The van der Waals surface area contributed by atoms with E-state index in [1.54, 1.807) is 0 Å². The Hall–Kier alpha value is -2.82. The normalized spacial score (nSPS) is 11.8. The van der Waals surface area contributed by atoms with Gasteiger partial charge in [-0.1, -0.05) is 44.2 Å². The number of hydrogen-bond donors (Lipinski definition) is 3. The molecule has 0 aliphatic heterocycles. The van der Waals surface area contributed by atoms with Gasteiger partial charge in [0.2, 0.25) is 5.91 Å². The molecule has 1 unspecified atom stereocenters. The van der Waals surface area contributed by atoms with Gasteiger partial charge in [0, 0.05) is 18.3 Å². The van der Waals surface area contributed by atoms with Crippen molar-refractivity contribution in [3.8, 4) is 0 Å². The van der Waals surface area contributed by atoms with Crippen molar-refractivity contribution in [1.29, 1.82) is 0 Å². The topological polar surface area (TPSA) is 70.2 Å². The second kappa shape index (κ2) is 8.52.